The number of nitrogens with two attached hydrogens (primary N) is 1. The van der Waals surface area contributed by atoms with Crippen LogP contribution in [0, 0.1) is 0 Å². The molecule has 0 spiro atoms. The minimum Gasteiger partial charge on any atom is -0.328 e. The van der Waals surface area contributed by atoms with Gasteiger partial charge in [-0.15, -0.1) is 0 Å². The van der Waals surface area contributed by atoms with Gasteiger partial charge in [0.25, 0.3) is 0 Å². The minimum absolute atomic E-state index is 0.388. The molecule has 0 aliphatic carbocycles. The first-order valence-electron chi connectivity index (χ1n) is 5.77. The van der Waals surface area contributed by atoms with Crippen LogP contribution in [0.4, 0.5) is 0 Å². The lowest BCUT2D eigenvalue weighted by Gasteiger charge is -2.38. The normalized spacial score (nSPS) is 27.9. The highest BCUT2D eigenvalue weighted by atomic mass is 15.3. The highest BCUT2D eigenvalue weighted by Crippen LogP contribution is 2.12. The molecule has 3 heteroatoms. The van der Waals surface area contributed by atoms with Gasteiger partial charge in [-0.2, -0.15) is 0 Å². The molecule has 0 radical (unpaired) electrons. The third-order valence-electron chi connectivity index (χ3n) is 3.21. The minimum atomic E-state index is 0.388. The molecule has 1 heterocycles. The van der Waals surface area contributed by atoms with Crippen LogP contribution in [0.3, 0.4) is 0 Å². The molecule has 1 unspecified atom stereocenters. The van der Waals surface area contributed by atoms with Crippen molar-refractivity contribution in [3.8, 4) is 0 Å². The molecule has 2 atom stereocenters. The van der Waals surface area contributed by atoms with E-state index in [1.54, 1.807) is 0 Å². The highest BCUT2D eigenvalue weighted by Gasteiger charge is 2.23. The van der Waals surface area contributed by atoms with Crippen LogP contribution in [-0.4, -0.2) is 55.6 Å². The first-order chi connectivity index (χ1) is 6.63. The average Bonchev–Trinajstić information content (AvgIpc) is 2.12. The van der Waals surface area contributed by atoms with Crippen molar-refractivity contribution in [3.63, 3.8) is 0 Å². The molecule has 84 valence electrons. The molecule has 0 aromatic carbocycles. The lowest BCUT2D eigenvalue weighted by molar-refractivity contribution is 0.103. The van der Waals surface area contributed by atoms with Crippen LogP contribution < -0.4 is 5.73 Å². The van der Waals surface area contributed by atoms with Gasteiger partial charge in [0.05, 0.1) is 0 Å². The van der Waals surface area contributed by atoms with E-state index in [0.29, 0.717) is 12.1 Å². The summed E-state index contributed by atoms with van der Waals surface area (Å²) in [6.07, 6.45) is 3.51. The van der Waals surface area contributed by atoms with Gasteiger partial charge in [-0.05, 0) is 26.9 Å². The molecular formula is C11H25N3. The monoisotopic (exact) mass is 199 g/mol. The Hall–Kier alpha value is -0.120. The molecule has 0 aromatic heterocycles. The molecule has 1 saturated heterocycles. The van der Waals surface area contributed by atoms with E-state index in [1.165, 1.54) is 26.1 Å². The lowest BCUT2D eigenvalue weighted by atomic mass is 10.0. The van der Waals surface area contributed by atoms with Crippen LogP contribution in [0.25, 0.3) is 0 Å². The van der Waals surface area contributed by atoms with E-state index >= 15 is 0 Å². The number of rotatable bonds is 4. The van der Waals surface area contributed by atoms with Crippen LogP contribution in [0.2, 0.25) is 0 Å². The quantitative estimate of drug-likeness (QED) is 0.725. The van der Waals surface area contributed by atoms with Gasteiger partial charge in [-0.3, -0.25) is 0 Å². The second-order valence-corrected chi connectivity index (χ2v) is 4.68. The van der Waals surface area contributed by atoms with Crippen molar-refractivity contribution in [2.75, 3.05) is 33.7 Å². The first-order valence-corrected chi connectivity index (χ1v) is 5.77. The summed E-state index contributed by atoms with van der Waals surface area (Å²) in [6, 6.07) is 1.05. The number of likely N-dealkylation sites (N-methyl/N-ethyl adjacent to an activating group) is 2. The summed E-state index contributed by atoms with van der Waals surface area (Å²) in [4.78, 5) is 4.86. The molecule has 14 heavy (non-hydrogen) atoms. The van der Waals surface area contributed by atoms with Gasteiger partial charge in [-0.1, -0.05) is 13.3 Å². The zero-order chi connectivity index (χ0) is 10.6. The SMILES string of the molecule is CCC[C@H](N)CC1CN(C)CCN1C. The van der Waals surface area contributed by atoms with Gasteiger partial charge in [0, 0.05) is 31.7 Å². The topological polar surface area (TPSA) is 32.5 Å². The van der Waals surface area contributed by atoms with Crippen molar-refractivity contribution < 1.29 is 0 Å². The highest BCUT2D eigenvalue weighted by molar-refractivity contribution is 4.81. The fourth-order valence-corrected chi connectivity index (χ4v) is 2.19. The van der Waals surface area contributed by atoms with E-state index < -0.39 is 0 Å². The van der Waals surface area contributed by atoms with Crippen molar-refractivity contribution in [2.24, 2.45) is 5.73 Å². The lowest BCUT2D eigenvalue weighted by Crippen LogP contribution is -2.51. The molecule has 0 amide bonds. The molecule has 1 aliphatic heterocycles. The Morgan fingerprint density at radius 2 is 2.07 bits per heavy atom. The smallest absolute Gasteiger partial charge is 0.0235 e. The van der Waals surface area contributed by atoms with Crippen LogP contribution >= 0.6 is 0 Å². The van der Waals surface area contributed by atoms with Crippen LogP contribution in [0.1, 0.15) is 26.2 Å². The Morgan fingerprint density at radius 1 is 1.36 bits per heavy atom. The number of hydrogen-bond acceptors (Lipinski definition) is 3. The maximum absolute atomic E-state index is 6.08. The molecule has 1 fully saturated rings. The largest absolute Gasteiger partial charge is 0.328 e. The van der Waals surface area contributed by atoms with Crippen molar-refractivity contribution in [1.29, 1.82) is 0 Å². The van der Waals surface area contributed by atoms with E-state index in [0.717, 1.165) is 12.8 Å². The summed E-state index contributed by atoms with van der Waals surface area (Å²) < 4.78 is 0. The second-order valence-electron chi connectivity index (χ2n) is 4.68. The summed E-state index contributed by atoms with van der Waals surface area (Å²) in [7, 11) is 4.42. The Bertz CT molecular complexity index is 161. The van der Waals surface area contributed by atoms with Crippen LogP contribution in [0.5, 0.6) is 0 Å². The van der Waals surface area contributed by atoms with Crippen molar-refractivity contribution in [2.45, 2.75) is 38.3 Å². The van der Waals surface area contributed by atoms with Crippen molar-refractivity contribution >= 4 is 0 Å². The Kier molecular flexibility index (Phi) is 4.85. The maximum atomic E-state index is 6.08. The summed E-state index contributed by atoms with van der Waals surface area (Å²) in [5, 5.41) is 0. The van der Waals surface area contributed by atoms with E-state index in [1.807, 2.05) is 0 Å². The number of nitrogens with zero attached hydrogens (tertiary/aromatic N) is 2. The average molecular weight is 199 g/mol. The Morgan fingerprint density at radius 3 is 2.71 bits per heavy atom. The molecule has 1 rings (SSSR count). The third kappa shape index (κ3) is 3.56. The fraction of sp³-hybridized carbons (Fsp3) is 1.00. The Labute approximate surface area is 88.2 Å². The third-order valence-corrected chi connectivity index (χ3v) is 3.21. The summed E-state index contributed by atoms with van der Waals surface area (Å²) in [5.41, 5.74) is 6.08. The first kappa shape index (κ1) is 12.0. The number of hydrogen-bond donors (Lipinski definition) is 1. The molecule has 2 N–H and O–H groups in total. The molecular weight excluding hydrogens is 174 g/mol. The van der Waals surface area contributed by atoms with Gasteiger partial charge in [0.2, 0.25) is 0 Å². The summed E-state index contributed by atoms with van der Waals surface area (Å²) >= 11 is 0. The van der Waals surface area contributed by atoms with Gasteiger partial charge in [-0.25, -0.2) is 0 Å². The van der Waals surface area contributed by atoms with E-state index in [-0.39, 0.29) is 0 Å². The van der Waals surface area contributed by atoms with E-state index in [4.69, 9.17) is 5.73 Å². The predicted octanol–water partition coefficient (Wildman–Crippen LogP) is 0.750. The Balaban J connectivity index is 2.33. The van der Waals surface area contributed by atoms with Gasteiger partial charge < -0.3 is 15.5 Å². The van der Waals surface area contributed by atoms with Crippen molar-refractivity contribution in [3.05, 3.63) is 0 Å². The molecule has 0 saturated carbocycles. The standard InChI is InChI=1S/C11H25N3/c1-4-5-10(12)8-11-9-13(2)6-7-14(11)3/h10-11H,4-9,12H2,1-3H3/t10-,11?/m0/s1. The summed E-state index contributed by atoms with van der Waals surface area (Å²) in [6.45, 7) is 5.75. The van der Waals surface area contributed by atoms with E-state index in [2.05, 4.69) is 30.8 Å². The zero-order valence-corrected chi connectivity index (χ0v) is 9.87. The zero-order valence-electron chi connectivity index (χ0n) is 9.87. The van der Waals surface area contributed by atoms with Gasteiger partial charge >= 0.3 is 0 Å². The molecule has 0 bridgehead atoms. The summed E-state index contributed by atoms with van der Waals surface area (Å²) in [5.74, 6) is 0. The maximum Gasteiger partial charge on any atom is 0.0235 e. The molecule has 1 aliphatic rings. The second kappa shape index (κ2) is 5.69. The fourth-order valence-electron chi connectivity index (χ4n) is 2.19. The predicted molar refractivity (Wildman–Crippen MR) is 61.4 cm³/mol. The van der Waals surface area contributed by atoms with E-state index in [9.17, 15) is 0 Å². The van der Waals surface area contributed by atoms with Gasteiger partial charge in [0.15, 0.2) is 0 Å². The van der Waals surface area contributed by atoms with Crippen molar-refractivity contribution in [1.82, 2.24) is 9.80 Å². The van der Waals surface area contributed by atoms with Crippen LogP contribution in [-0.2, 0) is 0 Å². The van der Waals surface area contributed by atoms with Crippen LogP contribution in [0.15, 0.2) is 0 Å². The molecule has 3 nitrogen and oxygen atoms in total. The molecule has 0 aromatic rings. The van der Waals surface area contributed by atoms with Gasteiger partial charge in [0.1, 0.15) is 0 Å². The number of piperazine rings is 1.